The number of anilines is 1. The largest absolute Gasteiger partial charge is 0.463 e. The van der Waals surface area contributed by atoms with Crippen LogP contribution in [0.15, 0.2) is 24.3 Å². The van der Waals surface area contributed by atoms with Gasteiger partial charge >= 0.3 is 11.9 Å². The number of ether oxygens (including phenoxy) is 5. The zero-order valence-corrected chi connectivity index (χ0v) is 18.9. The highest BCUT2D eigenvalue weighted by Crippen LogP contribution is 2.10. The number of hydrogen-bond acceptors (Lipinski definition) is 8. The van der Waals surface area contributed by atoms with Crippen molar-refractivity contribution in [2.75, 3.05) is 64.7 Å². The van der Waals surface area contributed by atoms with E-state index in [4.69, 9.17) is 23.7 Å². The lowest BCUT2D eigenvalue weighted by Crippen LogP contribution is -2.15. The zero-order chi connectivity index (χ0) is 22.6. The van der Waals surface area contributed by atoms with Gasteiger partial charge in [-0.1, -0.05) is 20.3 Å². The number of hydrogen-bond donors (Lipinski definition) is 1. The molecule has 0 fully saturated rings. The Bertz CT molecular complexity index is 592. The topological polar surface area (TPSA) is 92.3 Å². The number of esters is 2. The first-order valence-electron chi connectivity index (χ1n) is 11.1. The maximum atomic E-state index is 12.0. The minimum absolute atomic E-state index is 0.190. The smallest absolute Gasteiger partial charge is 0.338 e. The fourth-order valence-corrected chi connectivity index (χ4v) is 2.44. The van der Waals surface area contributed by atoms with Crippen LogP contribution in [0.25, 0.3) is 0 Å². The Balaban J connectivity index is 1.92. The van der Waals surface area contributed by atoms with Crippen molar-refractivity contribution in [1.29, 1.82) is 0 Å². The van der Waals surface area contributed by atoms with Crippen LogP contribution in [0.4, 0.5) is 5.69 Å². The maximum absolute atomic E-state index is 12.0. The molecule has 8 nitrogen and oxygen atoms in total. The van der Waals surface area contributed by atoms with Gasteiger partial charge in [-0.15, -0.1) is 0 Å². The van der Waals surface area contributed by atoms with E-state index in [0.29, 0.717) is 51.6 Å². The molecule has 0 spiro atoms. The Labute approximate surface area is 185 Å². The molecule has 1 aromatic carbocycles. The highest BCUT2D eigenvalue weighted by molar-refractivity contribution is 5.89. The predicted octanol–water partition coefficient (Wildman–Crippen LogP) is 3.45. The quantitative estimate of drug-likeness (QED) is 0.259. The first kappa shape index (κ1) is 26.9. The molecule has 0 heterocycles. The van der Waals surface area contributed by atoms with Gasteiger partial charge in [-0.25, -0.2) is 4.79 Å². The third-order valence-electron chi connectivity index (χ3n) is 4.13. The van der Waals surface area contributed by atoms with E-state index in [-0.39, 0.29) is 25.2 Å². The molecule has 1 rings (SSSR count). The molecule has 0 radical (unpaired) electrons. The van der Waals surface area contributed by atoms with E-state index < -0.39 is 0 Å². The zero-order valence-electron chi connectivity index (χ0n) is 18.9. The second-order valence-corrected chi connectivity index (χ2v) is 6.80. The minimum Gasteiger partial charge on any atom is -0.463 e. The lowest BCUT2D eigenvalue weighted by atomic mass is 10.2. The summed E-state index contributed by atoms with van der Waals surface area (Å²) >= 11 is 0. The van der Waals surface area contributed by atoms with Crippen molar-refractivity contribution in [2.24, 2.45) is 0 Å². The van der Waals surface area contributed by atoms with E-state index in [2.05, 4.69) is 12.2 Å². The van der Waals surface area contributed by atoms with Crippen LogP contribution in [0.2, 0.25) is 0 Å². The summed E-state index contributed by atoms with van der Waals surface area (Å²) in [5.41, 5.74) is 1.51. The van der Waals surface area contributed by atoms with Crippen molar-refractivity contribution in [2.45, 2.75) is 39.5 Å². The third-order valence-corrected chi connectivity index (χ3v) is 4.13. The molecule has 31 heavy (non-hydrogen) atoms. The molecule has 0 aliphatic carbocycles. The number of nitrogens with one attached hydrogen (secondary N) is 1. The fourth-order valence-electron chi connectivity index (χ4n) is 2.44. The molecule has 0 unspecified atom stereocenters. The van der Waals surface area contributed by atoms with Crippen molar-refractivity contribution in [3.8, 4) is 0 Å². The van der Waals surface area contributed by atoms with Crippen LogP contribution in [0.5, 0.6) is 0 Å². The van der Waals surface area contributed by atoms with Crippen LogP contribution >= 0.6 is 0 Å². The van der Waals surface area contributed by atoms with E-state index in [0.717, 1.165) is 31.5 Å². The summed E-state index contributed by atoms with van der Waals surface area (Å²) in [6.45, 7) is 7.81. The Hall–Kier alpha value is -2.16. The standard InChI is InChI=1S/C23H37NO7/c1-3-5-11-24-21-9-7-20(8-10-21)23(26)31-19-17-29-15-13-27-12-14-28-16-18-30-22(25)6-4-2/h7-10,24H,3-6,11-19H2,1-2H3. The molecular weight excluding hydrogens is 402 g/mol. The van der Waals surface area contributed by atoms with Gasteiger partial charge in [-0.2, -0.15) is 0 Å². The SMILES string of the molecule is CCCCNc1ccc(C(=O)OCCOCCOCCOCCOC(=O)CCC)cc1. The van der Waals surface area contributed by atoms with Gasteiger partial charge in [-0.05, 0) is 37.1 Å². The van der Waals surface area contributed by atoms with Crippen LogP contribution in [0, 0.1) is 0 Å². The molecule has 0 aliphatic heterocycles. The summed E-state index contributed by atoms with van der Waals surface area (Å²) in [7, 11) is 0. The molecule has 1 N–H and O–H groups in total. The van der Waals surface area contributed by atoms with E-state index in [1.54, 1.807) is 12.1 Å². The number of rotatable bonds is 19. The molecule has 0 amide bonds. The Morgan fingerprint density at radius 1 is 0.742 bits per heavy atom. The first-order valence-corrected chi connectivity index (χ1v) is 11.1. The Kier molecular flexibility index (Phi) is 16.1. The van der Waals surface area contributed by atoms with Gasteiger partial charge in [0.15, 0.2) is 0 Å². The summed E-state index contributed by atoms with van der Waals surface area (Å²) in [5, 5.41) is 3.30. The lowest BCUT2D eigenvalue weighted by Gasteiger charge is -2.09. The fraction of sp³-hybridized carbons (Fsp3) is 0.652. The molecular formula is C23H37NO7. The van der Waals surface area contributed by atoms with Crippen molar-refractivity contribution in [3.05, 3.63) is 29.8 Å². The van der Waals surface area contributed by atoms with Gasteiger partial charge in [0.1, 0.15) is 13.2 Å². The van der Waals surface area contributed by atoms with Crippen molar-refractivity contribution < 1.29 is 33.3 Å². The average molecular weight is 440 g/mol. The van der Waals surface area contributed by atoms with Crippen LogP contribution in [0.3, 0.4) is 0 Å². The second-order valence-electron chi connectivity index (χ2n) is 6.80. The third kappa shape index (κ3) is 14.5. The van der Waals surface area contributed by atoms with Crippen LogP contribution in [0.1, 0.15) is 49.9 Å². The van der Waals surface area contributed by atoms with Gasteiger partial charge in [0.05, 0.1) is 45.2 Å². The summed E-state index contributed by atoms with van der Waals surface area (Å²) in [6.07, 6.45) is 3.47. The van der Waals surface area contributed by atoms with Gasteiger partial charge in [0.25, 0.3) is 0 Å². The van der Waals surface area contributed by atoms with Gasteiger partial charge in [0, 0.05) is 18.7 Å². The van der Waals surface area contributed by atoms with Gasteiger partial charge in [0.2, 0.25) is 0 Å². The van der Waals surface area contributed by atoms with Crippen molar-refractivity contribution in [3.63, 3.8) is 0 Å². The predicted molar refractivity (Wildman–Crippen MR) is 118 cm³/mol. The number of carbonyl (C=O) groups excluding carboxylic acids is 2. The number of unbranched alkanes of at least 4 members (excludes halogenated alkanes) is 1. The molecule has 0 aliphatic rings. The van der Waals surface area contributed by atoms with Gasteiger partial charge in [-0.3, -0.25) is 4.79 Å². The molecule has 0 saturated carbocycles. The normalized spacial score (nSPS) is 10.6. The molecule has 0 saturated heterocycles. The molecule has 0 bridgehead atoms. The molecule has 0 aromatic heterocycles. The highest BCUT2D eigenvalue weighted by Gasteiger charge is 2.06. The van der Waals surface area contributed by atoms with E-state index in [1.807, 2.05) is 19.1 Å². The summed E-state index contributed by atoms with van der Waals surface area (Å²) in [4.78, 5) is 23.1. The number of benzene rings is 1. The van der Waals surface area contributed by atoms with Crippen molar-refractivity contribution >= 4 is 17.6 Å². The summed E-state index contributed by atoms with van der Waals surface area (Å²) in [6, 6.07) is 7.26. The molecule has 176 valence electrons. The summed E-state index contributed by atoms with van der Waals surface area (Å²) < 4.78 is 26.2. The van der Waals surface area contributed by atoms with E-state index in [1.165, 1.54) is 0 Å². The van der Waals surface area contributed by atoms with Crippen molar-refractivity contribution in [1.82, 2.24) is 0 Å². The highest BCUT2D eigenvalue weighted by atomic mass is 16.6. The maximum Gasteiger partial charge on any atom is 0.338 e. The Morgan fingerprint density at radius 3 is 1.84 bits per heavy atom. The first-order chi connectivity index (χ1) is 15.2. The lowest BCUT2D eigenvalue weighted by molar-refractivity contribution is -0.145. The Morgan fingerprint density at radius 2 is 1.29 bits per heavy atom. The summed E-state index contributed by atoms with van der Waals surface area (Å²) in [5.74, 6) is -0.560. The van der Waals surface area contributed by atoms with E-state index >= 15 is 0 Å². The molecule has 1 aromatic rings. The van der Waals surface area contributed by atoms with Crippen LogP contribution in [-0.4, -0.2) is 71.3 Å². The monoisotopic (exact) mass is 439 g/mol. The second kappa shape index (κ2) is 18.6. The van der Waals surface area contributed by atoms with Gasteiger partial charge < -0.3 is 29.0 Å². The molecule has 8 heteroatoms. The minimum atomic E-state index is -0.363. The van der Waals surface area contributed by atoms with E-state index in [9.17, 15) is 9.59 Å². The molecule has 0 atom stereocenters. The van der Waals surface area contributed by atoms with Crippen LogP contribution < -0.4 is 5.32 Å². The number of carbonyl (C=O) groups is 2. The average Bonchev–Trinajstić information content (AvgIpc) is 2.77. The van der Waals surface area contributed by atoms with Crippen LogP contribution in [-0.2, 0) is 28.5 Å².